The smallest absolute Gasteiger partial charge is 0.335 e. The molecule has 0 radical (unpaired) electrons. The van der Waals surface area contributed by atoms with E-state index in [-0.39, 0.29) is 24.2 Å². The lowest BCUT2D eigenvalue weighted by Gasteiger charge is -2.07. The molecule has 0 amide bonds. The first kappa shape index (κ1) is 17.9. The van der Waals surface area contributed by atoms with Crippen LogP contribution in [-0.4, -0.2) is 31.9 Å². The fourth-order valence-electron chi connectivity index (χ4n) is 2.39. The minimum absolute atomic E-state index is 0.0497. The molecule has 9 nitrogen and oxygen atoms in total. The van der Waals surface area contributed by atoms with E-state index in [0.717, 1.165) is 16.3 Å². The van der Waals surface area contributed by atoms with Crippen LogP contribution in [0.4, 0.5) is 0 Å². The number of aliphatic imine (C=N–C) groups is 1. The summed E-state index contributed by atoms with van der Waals surface area (Å²) in [6.45, 7) is 0.113. The molecule has 0 aliphatic rings. The topological polar surface area (TPSA) is 138 Å². The zero-order chi connectivity index (χ0) is 19.4. The molecule has 2 heterocycles. The molecule has 0 fully saturated rings. The van der Waals surface area contributed by atoms with Crippen LogP contribution in [0.1, 0.15) is 27.2 Å². The lowest BCUT2D eigenvalue weighted by Crippen LogP contribution is -2.32. The van der Waals surface area contributed by atoms with Crippen LogP contribution >= 0.6 is 0 Å². The molecule has 0 spiro atoms. The van der Waals surface area contributed by atoms with Crippen LogP contribution < -0.4 is 11.2 Å². The molecule has 138 valence electrons. The third kappa shape index (κ3) is 4.03. The maximum absolute atomic E-state index is 12.0. The van der Waals surface area contributed by atoms with E-state index in [1.54, 1.807) is 24.3 Å². The fraction of sp³-hybridized carbons (Fsp3) is 0.111. The van der Waals surface area contributed by atoms with Crippen molar-refractivity contribution in [3.05, 3.63) is 86.0 Å². The van der Waals surface area contributed by atoms with Gasteiger partial charge in [0.15, 0.2) is 0 Å². The van der Waals surface area contributed by atoms with Crippen molar-refractivity contribution < 1.29 is 19.4 Å². The highest BCUT2D eigenvalue weighted by atomic mass is 16.4. The van der Waals surface area contributed by atoms with E-state index in [4.69, 9.17) is 9.52 Å². The Morgan fingerprint density at radius 1 is 1.22 bits per heavy atom. The molecule has 0 unspecified atom stereocenters. The number of H-pyrrole nitrogens is 1. The molecular formula is C18H15N3O6. The van der Waals surface area contributed by atoms with Crippen LogP contribution in [0.15, 0.2) is 61.7 Å². The van der Waals surface area contributed by atoms with Crippen LogP contribution in [0.25, 0.3) is 0 Å². The first-order chi connectivity index (χ1) is 13.0. The van der Waals surface area contributed by atoms with Crippen LogP contribution in [0, 0.1) is 0 Å². The second-order valence-corrected chi connectivity index (χ2v) is 5.63. The summed E-state index contributed by atoms with van der Waals surface area (Å²) in [6.07, 6.45) is 2.60. The van der Waals surface area contributed by atoms with Gasteiger partial charge in [-0.15, -0.1) is 0 Å². The zero-order valence-electron chi connectivity index (χ0n) is 14.0. The zero-order valence-corrected chi connectivity index (χ0v) is 14.0. The molecule has 0 bridgehead atoms. The number of aromatic nitrogens is 2. The molecule has 0 saturated carbocycles. The lowest BCUT2D eigenvalue weighted by molar-refractivity contribution is 0.0697. The summed E-state index contributed by atoms with van der Waals surface area (Å²) >= 11 is 0. The Hall–Kier alpha value is -3.88. The molecule has 3 rings (SSSR count). The number of aromatic hydroxyl groups is 1. The normalized spacial score (nSPS) is 11.1. The highest BCUT2D eigenvalue weighted by molar-refractivity contribution is 5.87. The predicted octanol–water partition coefficient (Wildman–Crippen LogP) is 1.20. The van der Waals surface area contributed by atoms with Crippen molar-refractivity contribution >= 4 is 12.2 Å². The van der Waals surface area contributed by atoms with Gasteiger partial charge in [0.1, 0.15) is 11.3 Å². The Labute approximate surface area is 151 Å². The number of nitrogens with one attached hydrogen (secondary N) is 1. The third-order valence-corrected chi connectivity index (χ3v) is 3.80. The Morgan fingerprint density at radius 2 is 1.96 bits per heavy atom. The Bertz CT molecular complexity index is 1090. The van der Waals surface area contributed by atoms with Gasteiger partial charge in [-0.05, 0) is 29.8 Å². The quantitative estimate of drug-likeness (QED) is 0.558. The average Bonchev–Trinajstić information content (AvgIpc) is 3.15. The van der Waals surface area contributed by atoms with Crippen molar-refractivity contribution in [3.63, 3.8) is 0 Å². The van der Waals surface area contributed by atoms with E-state index in [1.807, 2.05) is 0 Å². The largest absolute Gasteiger partial charge is 0.494 e. The summed E-state index contributed by atoms with van der Waals surface area (Å²) in [4.78, 5) is 40.9. The van der Waals surface area contributed by atoms with E-state index in [1.165, 1.54) is 18.4 Å². The van der Waals surface area contributed by atoms with E-state index >= 15 is 0 Å². The molecule has 0 aliphatic carbocycles. The molecular weight excluding hydrogens is 354 g/mol. The molecule has 0 aliphatic heterocycles. The lowest BCUT2D eigenvalue weighted by atomic mass is 10.1. The number of carboxylic acid groups (broad SMARTS) is 1. The summed E-state index contributed by atoms with van der Waals surface area (Å²) in [7, 11) is 0. The third-order valence-electron chi connectivity index (χ3n) is 3.80. The standard InChI is InChI=1S/C18H15N3O6/c22-15-14(9-19-8-11-3-5-12(6-4-11)17(24)25)16(23)21(18(26)20-15)10-13-2-1-7-27-13/h1-7,9,23H,8,10H2,(H,24,25)(H,20,22,26). The number of rotatable bonds is 6. The minimum Gasteiger partial charge on any atom is -0.494 e. The summed E-state index contributed by atoms with van der Waals surface area (Å²) in [5, 5.41) is 19.2. The van der Waals surface area contributed by atoms with Crippen LogP contribution in [0.3, 0.4) is 0 Å². The minimum atomic E-state index is -1.03. The van der Waals surface area contributed by atoms with Gasteiger partial charge < -0.3 is 14.6 Å². The van der Waals surface area contributed by atoms with Crippen molar-refractivity contribution in [1.29, 1.82) is 0 Å². The Morgan fingerprint density at radius 3 is 2.59 bits per heavy atom. The number of nitrogens with zero attached hydrogens (tertiary/aromatic N) is 2. The molecule has 27 heavy (non-hydrogen) atoms. The molecule has 3 aromatic rings. The number of furan rings is 1. The first-order valence-electron chi connectivity index (χ1n) is 7.86. The van der Waals surface area contributed by atoms with Gasteiger partial charge in [0.2, 0.25) is 5.88 Å². The molecule has 9 heteroatoms. The van der Waals surface area contributed by atoms with E-state index < -0.39 is 23.1 Å². The highest BCUT2D eigenvalue weighted by Gasteiger charge is 2.13. The second-order valence-electron chi connectivity index (χ2n) is 5.63. The van der Waals surface area contributed by atoms with Crippen molar-refractivity contribution in [3.8, 4) is 5.88 Å². The number of carboxylic acids is 1. The Kier molecular flexibility index (Phi) is 5.02. The van der Waals surface area contributed by atoms with Crippen molar-refractivity contribution in [2.75, 3.05) is 0 Å². The number of carbonyl (C=O) groups is 1. The van der Waals surface area contributed by atoms with E-state index in [0.29, 0.717) is 5.76 Å². The van der Waals surface area contributed by atoms with Gasteiger partial charge in [-0.1, -0.05) is 12.1 Å². The van der Waals surface area contributed by atoms with Gasteiger partial charge in [0, 0.05) is 6.21 Å². The number of aromatic amines is 1. The second kappa shape index (κ2) is 7.56. The summed E-state index contributed by atoms with van der Waals surface area (Å²) in [6, 6.07) is 9.36. The molecule has 1 aromatic carbocycles. The van der Waals surface area contributed by atoms with Crippen LogP contribution in [-0.2, 0) is 13.1 Å². The summed E-state index contributed by atoms with van der Waals surface area (Å²) in [5.74, 6) is -1.12. The monoisotopic (exact) mass is 369 g/mol. The Balaban J connectivity index is 1.83. The predicted molar refractivity (Wildman–Crippen MR) is 95.5 cm³/mol. The highest BCUT2D eigenvalue weighted by Crippen LogP contribution is 2.12. The fourth-order valence-corrected chi connectivity index (χ4v) is 2.39. The molecule has 0 atom stereocenters. The maximum atomic E-state index is 12.0. The van der Waals surface area contributed by atoms with Gasteiger partial charge in [0.05, 0.1) is 24.9 Å². The summed E-state index contributed by atoms with van der Waals surface area (Å²) < 4.78 is 6.11. The van der Waals surface area contributed by atoms with Gasteiger partial charge in [-0.2, -0.15) is 0 Å². The van der Waals surface area contributed by atoms with E-state index in [9.17, 15) is 19.5 Å². The molecule has 0 saturated heterocycles. The number of benzene rings is 1. The van der Waals surface area contributed by atoms with Crippen molar-refractivity contribution in [1.82, 2.24) is 9.55 Å². The SMILES string of the molecule is O=C(O)c1ccc(CN=Cc2c(O)n(Cc3ccco3)c(=O)[nH]c2=O)cc1. The number of aromatic carboxylic acids is 1. The van der Waals surface area contributed by atoms with Crippen LogP contribution in [0.2, 0.25) is 0 Å². The molecule has 3 N–H and O–H groups in total. The van der Waals surface area contributed by atoms with Crippen molar-refractivity contribution in [2.24, 2.45) is 4.99 Å². The summed E-state index contributed by atoms with van der Waals surface area (Å²) in [5.41, 5.74) is -0.824. The number of hydrogen-bond donors (Lipinski definition) is 3. The first-order valence-corrected chi connectivity index (χ1v) is 7.86. The van der Waals surface area contributed by atoms with Gasteiger partial charge in [0.25, 0.3) is 5.56 Å². The van der Waals surface area contributed by atoms with Crippen LogP contribution in [0.5, 0.6) is 5.88 Å². The van der Waals surface area contributed by atoms with E-state index in [2.05, 4.69) is 9.98 Å². The van der Waals surface area contributed by atoms with Gasteiger partial charge in [-0.3, -0.25) is 19.3 Å². The molecule has 2 aromatic heterocycles. The number of hydrogen-bond acceptors (Lipinski definition) is 6. The maximum Gasteiger partial charge on any atom is 0.335 e. The van der Waals surface area contributed by atoms with Crippen molar-refractivity contribution in [2.45, 2.75) is 13.1 Å². The van der Waals surface area contributed by atoms with Gasteiger partial charge >= 0.3 is 11.7 Å². The van der Waals surface area contributed by atoms with Gasteiger partial charge in [-0.25, -0.2) is 9.59 Å². The average molecular weight is 369 g/mol.